The summed E-state index contributed by atoms with van der Waals surface area (Å²) in [7, 11) is 0. The molecule has 0 spiro atoms. The molecule has 4 N–H and O–H groups in total. The first-order valence-electron chi connectivity index (χ1n) is 14.6. The number of esters is 2. The lowest BCUT2D eigenvalue weighted by Crippen LogP contribution is -2.60. The Labute approximate surface area is 262 Å². The topological polar surface area (TPSA) is 156 Å². The van der Waals surface area contributed by atoms with E-state index in [1.165, 1.54) is 18.2 Å². The second-order valence-electron chi connectivity index (χ2n) is 11.4. The number of hydrogen-bond donors (Lipinski definition) is 4. The molecule has 1 aliphatic heterocycles. The normalized spacial score (nSPS) is 21.5. The van der Waals surface area contributed by atoms with Crippen LogP contribution in [0.25, 0.3) is 38.6 Å². The zero-order valence-electron chi connectivity index (χ0n) is 25.0. The molecule has 11 nitrogen and oxygen atoms in total. The fraction of sp³-hybridized carbons (Fsp3) is 0.265. The van der Waals surface area contributed by atoms with Gasteiger partial charge in [0.05, 0.1) is 22.8 Å². The largest absolute Gasteiger partial charge is 0.459 e. The van der Waals surface area contributed by atoms with E-state index in [4.69, 9.17) is 14.2 Å². The first-order valence-corrected chi connectivity index (χ1v) is 14.6. The van der Waals surface area contributed by atoms with Crippen LogP contribution in [0.5, 0.6) is 0 Å². The van der Waals surface area contributed by atoms with Crippen molar-refractivity contribution in [2.45, 2.75) is 50.5 Å². The Morgan fingerprint density at radius 2 is 1.78 bits per heavy atom. The van der Waals surface area contributed by atoms with E-state index < -0.39 is 42.6 Å². The average Bonchev–Trinajstić information content (AvgIpc) is 3.65. The van der Waals surface area contributed by atoms with E-state index in [9.17, 15) is 29.3 Å². The summed E-state index contributed by atoms with van der Waals surface area (Å²) in [5, 5.41) is 40.0. The summed E-state index contributed by atoms with van der Waals surface area (Å²) < 4.78 is 31.6. The predicted molar refractivity (Wildman–Crippen MR) is 166 cm³/mol. The minimum absolute atomic E-state index is 0.0337. The highest BCUT2D eigenvalue weighted by Crippen LogP contribution is 2.42. The molecule has 3 heterocycles. The van der Waals surface area contributed by atoms with Crippen molar-refractivity contribution >= 4 is 33.7 Å². The van der Waals surface area contributed by atoms with Gasteiger partial charge in [-0.2, -0.15) is 5.10 Å². The van der Waals surface area contributed by atoms with Gasteiger partial charge in [0.1, 0.15) is 30.7 Å². The summed E-state index contributed by atoms with van der Waals surface area (Å²) in [4.78, 5) is 25.4. The first kappa shape index (κ1) is 31.1. The number of ether oxygens (including phenoxy) is 3. The molecule has 46 heavy (non-hydrogen) atoms. The Hall–Kier alpha value is -4.88. The Kier molecular flexibility index (Phi) is 8.45. The van der Waals surface area contributed by atoms with Crippen molar-refractivity contribution in [1.82, 2.24) is 14.8 Å². The molecule has 3 aromatic carbocycles. The summed E-state index contributed by atoms with van der Waals surface area (Å²) in [5.41, 5.74) is 5.30. The van der Waals surface area contributed by atoms with Crippen molar-refractivity contribution in [3.63, 3.8) is 0 Å². The van der Waals surface area contributed by atoms with Gasteiger partial charge in [-0.3, -0.25) is 5.10 Å². The molecular formula is C34H32FN3O8. The number of aromatic nitrogens is 3. The van der Waals surface area contributed by atoms with Gasteiger partial charge in [-0.05, 0) is 60.0 Å². The molecule has 12 heteroatoms. The Bertz CT molecular complexity index is 1920. The summed E-state index contributed by atoms with van der Waals surface area (Å²) in [6.07, 6.45) is -5.89. The van der Waals surface area contributed by atoms with E-state index in [1.807, 2.05) is 12.1 Å². The molecule has 0 radical (unpaired) electrons. The van der Waals surface area contributed by atoms with Gasteiger partial charge in [-0.1, -0.05) is 38.6 Å². The average molecular weight is 630 g/mol. The van der Waals surface area contributed by atoms with Crippen LogP contribution in [-0.4, -0.2) is 79.3 Å². The van der Waals surface area contributed by atoms with Crippen LogP contribution < -0.4 is 0 Å². The molecule has 5 atom stereocenters. The molecule has 1 saturated heterocycles. The number of rotatable bonds is 8. The quantitative estimate of drug-likeness (QED) is 0.146. The molecule has 0 amide bonds. The number of H-pyrrole nitrogens is 1. The highest BCUT2D eigenvalue weighted by Gasteiger charge is 2.49. The summed E-state index contributed by atoms with van der Waals surface area (Å²) in [6, 6.07) is 16.9. The monoisotopic (exact) mass is 629 g/mol. The van der Waals surface area contributed by atoms with E-state index in [0.29, 0.717) is 0 Å². The van der Waals surface area contributed by atoms with Crippen LogP contribution in [0.1, 0.15) is 35.8 Å². The van der Waals surface area contributed by atoms with Gasteiger partial charge in [-0.25, -0.2) is 14.0 Å². The van der Waals surface area contributed by atoms with Crippen LogP contribution in [-0.2, 0) is 19.0 Å². The predicted octanol–water partition coefficient (Wildman–Crippen LogP) is 4.13. The number of aliphatic hydroxyl groups excluding tert-OH is 3. The van der Waals surface area contributed by atoms with Gasteiger partial charge in [0.15, 0.2) is 6.10 Å². The third-order valence-corrected chi connectivity index (χ3v) is 7.97. The van der Waals surface area contributed by atoms with Crippen LogP contribution in [0.15, 0.2) is 79.5 Å². The number of carbonyl (C=O) groups excluding carboxylic acids is 2. The SMILES string of the molecule is C=CCOC(=O)[C@H]1OC(OC(=O)c2ccc(-c3c(C(C)C)n(-c4ccc(F)cc4)c4cc5cn[nH]c5cc34)cc2)[C@H](O)[C@@H](O)[C@@H]1O. The standard InChI is InChI=1S/C34H32FN3O8/c1-4-13-44-33(43)31-29(40)28(39)30(41)34(45-31)46-32(42)19-7-5-18(6-8-19)26-23-15-24-20(16-36-37-24)14-25(23)38(27(26)17(2)3)22-11-9-21(35)10-12-22/h4-12,14-17,28-31,34,39-41H,1,13H2,2-3H3,(H,36,37)/t28-,29-,30+,31-,34?/m0/s1. The number of hydrogen-bond acceptors (Lipinski definition) is 9. The molecule has 5 aromatic rings. The van der Waals surface area contributed by atoms with Gasteiger partial charge in [0.25, 0.3) is 0 Å². The third kappa shape index (κ3) is 5.56. The van der Waals surface area contributed by atoms with Crippen molar-refractivity contribution in [2.75, 3.05) is 6.61 Å². The number of aliphatic hydroxyl groups is 3. The second-order valence-corrected chi connectivity index (χ2v) is 11.4. The summed E-state index contributed by atoms with van der Waals surface area (Å²) in [5.74, 6) is -2.22. The van der Waals surface area contributed by atoms with Crippen LogP contribution in [0.3, 0.4) is 0 Å². The van der Waals surface area contributed by atoms with Crippen LogP contribution >= 0.6 is 0 Å². The molecule has 1 fully saturated rings. The maximum absolute atomic E-state index is 13.9. The molecule has 6 rings (SSSR count). The van der Waals surface area contributed by atoms with E-state index >= 15 is 0 Å². The van der Waals surface area contributed by atoms with E-state index in [2.05, 4.69) is 35.2 Å². The number of fused-ring (bicyclic) bond motifs is 2. The number of benzene rings is 3. The molecule has 0 bridgehead atoms. The highest BCUT2D eigenvalue weighted by molar-refractivity contribution is 6.06. The fourth-order valence-corrected chi connectivity index (χ4v) is 5.77. The maximum Gasteiger partial charge on any atom is 0.340 e. The Morgan fingerprint density at radius 3 is 2.46 bits per heavy atom. The highest BCUT2D eigenvalue weighted by atomic mass is 19.1. The summed E-state index contributed by atoms with van der Waals surface area (Å²) >= 11 is 0. The molecule has 1 unspecified atom stereocenters. The zero-order valence-corrected chi connectivity index (χ0v) is 25.0. The van der Waals surface area contributed by atoms with Gasteiger partial charge >= 0.3 is 11.9 Å². The van der Waals surface area contributed by atoms with Crippen LogP contribution in [0, 0.1) is 5.82 Å². The molecule has 238 valence electrons. The van der Waals surface area contributed by atoms with Gasteiger partial charge in [0.2, 0.25) is 6.29 Å². The third-order valence-electron chi connectivity index (χ3n) is 7.97. The number of nitrogens with one attached hydrogen (secondary N) is 1. The van der Waals surface area contributed by atoms with E-state index in [0.717, 1.165) is 44.3 Å². The number of halogens is 1. The van der Waals surface area contributed by atoms with Crippen LogP contribution in [0.2, 0.25) is 0 Å². The van der Waals surface area contributed by atoms with E-state index in [1.54, 1.807) is 42.6 Å². The van der Waals surface area contributed by atoms with Crippen LogP contribution in [0.4, 0.5) is 4.39 Å². The molecular weight excluding hydrogens is 597 g/mol. The number of nitrogens with zero attached hydrogens (tertiary/aromatic N) is 2. The molecule has 1 aliphatic rings. The maximum atomic E-state index is 13.9. The minimum atomic E-state index is -1.84. The number of carbonyl (C=O) groups is 2. The Balaban J connectivity index is 1.35. The zero-order chi connectivity index (χ0) is 32.7. The molecule has 0 aliphatic carbocycles. The Morgan fingerprint density at radius 1 is 1.07 bits per heavy atom. The van der Waals surface area contributed by atoms with Crippen molar-refractivity contribution in [1.29, 1.82) is 0 Å². The lowest BCUT2D eigenvalue weighted by atomic mass is 9.95. The smallest absolute Gasteiger partial charge is 0.340 e. The summed E-state index contributed by atoms with van der Waals surface area (Å²) in [6.45, 7) is 7.40. The van der Waals surface area contributed by atoms with Gasteiger partial charge < -0.3 is 34.1 Å². The molecule has 2 aromatic heterocycles. The lowest BCUT2D eigenvalue weighted by molar-refractivity contribution is -0.279. The molecule has 0 saturated carbocycles. The van der Waals surface area contributed by atoms with Gasteiger partial charge in [0, 0.05) is 27.7 Å². The second kappa shape index (κ2) is 12.5. The number of aromatic amines is 1. The van der Waals surface area contributed by atoms with E-state index in [-0.39, 0.29) is 23.9 Å². The lowest BCUT2D eigenvalue weighted by Gasteiger charge is -2.38. The van der Waals surface area contributed by atoms with Crippen molar-refractivity contribution < 1.29 is 43.5 Å². The minimum Gasteiger partial charge on any atom is -0.459 e. The first-order chi connectivity index (χ1) is 22.1. The fourth-order valence-electron chi connectivity index (χ4n) is 5.77. The van der Waals surface area contributed by atoms with Crippen molar-refractivity contribution in [3.05, 3.63) is 96.6 Å². The van der Waals surface area contributed by atoms with Crippen molar-refractivity contribution in [2.24, 2.45) is 0 Å². The van der Waals surface area contributed by atoms with Gasteiger partial charge in [-0.15, -0.1) is 0 Å². The van der Waals surface area contributed by atoms with Crippen molar-refractivity contribution in [3.8, 4) is 16.8 Å².